The lowest BCUT2D eigenvalue weighted by Gasteiger charge is -2.34. The zero-order valence-electron chi connectivity index (χ0n) is 12.5. The molecule has 0 saturated carbocycles. The second kappa shape index (κ2) is 7.68. The van der Waals surface area contributed by atoms with Crippen molar-refractivity contribution in [3.8, 4) is 0 Å². The van der Waals surface area contributed by atoms with Gasteiger partial charge in [-0.2, -0.15) is 0 Å². The highest BCUT2D eigenvalue weighted by Gasteiger charge is 2.26. The van der Waals surface area contributed by atoms with Crippen LogP contribution in [0.4, 0.5) is 5.69 Å². The van der Waals surface area contributed by atoms with Crippen molar-refractivity contribution < 1.29 is 4.79 Å². The molecular formula is C17H19N3OS. The molecule has 3 N–H and O–H groups in total. The van der Waals surface area contributed by atoms with Gasteiger partial charge in [0.05, 0.1) is 11.4 Å². The second-order valence-corrected chi connectivity index (χ2v) is 5.65. The highest BCUT2D eigenvalue weighted by molar-refractivity contribution is 8.03. The molecule has 0 bridgehead atoms. The van der Waals surface area contributed by atoms with E-state index in [9.17, 15) is 4.79 Å². The number of hydrogen-bond donors (Lipinski definition) is 2. The van der Waals surface area contributed by atoms with E-state index in [0.717, 1.165) is 21.2 Å². The van der Waals surface area contributed by atoms with Gasteiger partial charge < -0.3 is 4.90 Å². The van der Waals surface area contributed by atoms with Gasteiger partial charge in [0.1, 0.15) is 6.54 Å². The predicted octanol–water partition coefficient (Wildman–Crippen LogP) is 3.12. The third-order valence-electron chi connectivity index (χ3n) is 3.10. The van der Waals surface area contributed by atoms with Gasteiger partial charge in [0.15, 0.2) is 0 Å². The van der Waals surface area contributed by atoms with E-state index in [2.05, 4.69) is 12.0 Å². The molecule has 1 aliphatic heterocycles. The zero-order valence-corrected chi connectivity index (χ0v) is 13.3. The number of thioether (sulfide) groups is 1. The van der Waals surface area contributed by atoms with Crippen molar-refractivity contribution in [2.75, 3.05) is 11.4 Å². The maximum atomic E-state index is 11.8. The number of benzene rings is 1. The van der Waals surface area contributed by atoms with Crippen molar-refractivity contribution >= 4 is 23.4 Å². The van der Waals surface area contributed by atoms with Gasteiger partial charge in [-0.25, -0.2) is 5.84 Å². The molecular weight excluding hydrogens is 294 g/mol. The summed E-state index contributed by atoms with van der Waals surface area (Å²) in [6.45, 7) is 5.89. The second-order valence-electron chi connectivity index (χ2n) is 4.57. The summed E-state index contributed by atoms with van der Waals surface area (Å²) in [6, 6.07) is 7.98. The summed E-state index contributed by atoms with van der Waals surface area (Å²) in [7, 11) is 0. The van der Waals surface area contributed by atoms with Gasteiger partial charge in [-0.3, -0.25) is 10.2 Å². The van der Waals surface area contributed by atoms with Gasteiger partial charge >= 0.3 is 0 Å². The first kappa shape index (κ1) is 16.1. The number of allylic oxidation sites excluding steroid dienone is 5. The van der Waals surface area contributed by atoms with Crippen LogP contribution in [0.1, 0.15) is 6.92 Å². The molecule has 2 rings (SSSR count). The van der Waals surface area contributed by atoms with Gasteiger partial charge in [0.2, 0.25) is 0 Å². The minimum absolute atomic E-state index is 0.159. The topological polar surface area (TPSA) is 58.4 Å². The fourth-order valence-electron chi connectivity index (χ4n) is 2.15. The number of fused-ring (bicyclic) bond motifs is 1. The molecule has 114 valence electrons. The molecule has 0 aromatic heterocycles. The van der Waals surface area contributed by atoms with E-state index in [1.807, 2.05) is 60.4 Å². The Hall–Kier alpha value is -2.24. The standard InChI is InChI=1S/C17H19N3OS/c1-3-5-9-13-15(8-4-2)22-16-11-7-6-10-14(16)20(13)12-17(21)19-18/h3-11H,2,12,18H2,1H3,(H,19,21)/b5-3-,13-9+,15-8+. The van der Waals surface area contributed by atoms with Crippen LogP contribution in [0.15, 0.2) is 76.7 Å². The van der Waals surface area contributed by atoms with Crippen LogP contribution in [-0.4, -0.2) is 12.5 Å². The normalized spacial score (nSPS) is 17.8. The van der Waals surface area contributed by atoms with E-state index >= 15 is 0 Å². The van der Waals surface area contributed by atoms with Crippen LogP contribution in [0.3, 0.4) is 0 Å². The first-order chi connectivity index (χ1) is 10.7. The van der Waals surface area contributed by atoms with E-state index in [1.165, 1.54) is 0 Å². The van der Waals surface area contributed by atoms with Crippen molar-refractivity contribution in [1.82, 2.24) is 5.43 Å². The maximum Gasteiger partial charge on any atom is 0.253 e. The minimum Gasteiger partial charge on any atom is -0.330 e. The molecule has 1 amide bonds. The molecule has 1 aliphatic rings. The van der Waals surface area contributed by atoms with Crippen molar-refractivity contribution in [3.63, 3.8) is 0 Å². The van der Waals surface area contributed by atoms with Crippen molar-refractivity contribution in [2.45, 2.75) is 11.8 Å². The van der Waals surface area contributed by atoms with Crippen molar-refractivity contribution in [1.29, 1.82) is 0 Å². The molecule has 4 nitrogen and oxygen atoms in total. The van der Waals surface area contributed by atoms with Gasteiger partial charge in [-0.05, 0) is 31.2 Å². The summed E-state index contributed by atoms with van der Waals surface area (Å²) in [5, 5.41) is 0. The highest BCUT2D eigenvalue weighted by Crippen LogP contribution is 2.45. The average molecular weight is 313 g/mol. The molecule has 5 heteroatoms. The SMILES string of the molecule is C=C/C=C1/Sc2ccccc2N(CC(=O)NN)/C1=C/C=C\C. The molecule has 1 aromatic rings. The van der Waals surface area contributed by atoms with E-state index in [1.54, 1.807) is 17.8 Å². The summed E-state index contributed by atoms with van der Waals surface area (Å²) in [6.07, 6.45) is 9.59. The van der Waals surface area contributed by atoms with E-state index in [0.29, 0.717) is 0 Å². The molecule has 0 unspecified atom stereocenters. The summed E-state index contributed by atoms with van der Waals surface area (Å²) in [5.41, 5.74) is 4.14. The Morgan fingerprint density at radius 2 is 2.18 bits per heavy atom. The lowest BCUT2D eigenvalue weighted by atomic mass is 10.2. The Morgan fingerprint density at radius 3 is 2.86 bits per heavy atom. The number of amides is 1. The van der Waals surface area contributed by atoms with Crippen LogP contribution < -0.4 is 16.2 Å². The lowest BCUT2D eigenvalue weighted by molar-refractivity contribution is -0.119. The smallest absolute Gasteiger partial charge is 0.253 e. The average Bonchev–Trinajstić information content (AvgIpc) is 2.54. The van der Waals surface area contributed by atoms with Crippen LogP contribution in [0.5, 0.6) is 0 Å². The summed E-state index contributed by atoms with van der Waals surface area (Å²) >= 11 is 1.66. The fraction of sp³-hybridized carbons (Fsp3) is 0.118. The largest absolute Gasteiger partial charge is 0.330 e. The number of hydrazine groups is 1. The number of carbonyl (C=O) groups excluding carboxylic acids is 1. The molecule has 22 heavy (non-hydrogen) atoms. The number of nitrogens with zero attached hydrogens (tertiary/aromatic N) is 1. The number of carbonyl (C=O) groups is 1. The van der Waals surface area contributed by atoms with Gasteiger partial charge in [-0.1, -0.05) is 48.7 Å². The van der Waals surface area contributed by atoms with Crippen molar-refractivity contribution in [2.24, 2.45) is 5.84 Å². The minimum atomic E-state index is -0.244. The van der Waals surface area contributed by atoms with E-state index < -0.39 is 0 Å². The molecule has 1 heterocycles. The van der Waals surface area contributed by atoms with Gasteiger partial charge in [-0.15, -0.1) is 0 Å². The monoisotopic (exact) mass is 313 g/mol. The molecule has 0 fully saturated rings. The highest BCUT2D eigenvalue weighted by atomic mass is 32.2. The van der Waals surface area contributed by atoms with Crippen LogP contribution in [0.2, 0.25) is 0 Å². The molecule has 1 aromatic carbocycles. The van der Waals surface area contributed by atoms with E-state index in [4.69, 9.17) is 5.84 Å². The number of hydrogen-bond acceptors (Lipinski definition) is 4. The lowest BCUT2D eigenvalue weighted by Crippen LogP contribution is -2.41. The number of nitrogens with one attached hydrogen (secondary N) is 1. The number of anilines is 1. The summed E-state index contributed by atoms with van der Waals surface area (Å²) in [4.78, 5) is 15.9. The molecule has 0 radical (unpaired) electrons. The zero-order chi connectivity index (χ0) is 15.9. The molecule has 0 aliphatic carbocycles. The Labute approximate surface area is 135 Å². The number of rotatable bonds is 4. The summed E-state index contributed by atoms with van der Waals surface area (Å²) in [5.74, 6) is 5.01. The quantitative estimate of drug-likeness (QED) is 0.509. The Balaban J connectivity index is 2.56. The molecule has 0 spiro atoms. The third kappa shape index (κ3) is 3.50. The van der Waals surface area contributed by atoms with Crippen LogP contribution in [-0.2, 0) is 4.79 Å². The Morgan fingerprint density at radius 1 is 1.41 bits per heavy atom. The molecule has 0 atom stereocenters. The van der Waals surface area contributed by atoms with Crippen LogP contribution in [0, 0.1) is 0 Å². The Bertz CT molecular complexity index is 662. The Kier molecular flexibility index (Phi) is 5.63. The third-order valence-corrected chi connectivity index (χ3v) is 4.23. The maximum absolute atomic E-state index is 11.8. The first-order valence-electron chi connectivity index (χ1n) is 6.91. The van der Waals surface area contributed by atoms with E-state index in [-0.39, 0.29) is 12.5 Å². The fourth-order valence-corrected chi connectivity index (χ4v) is 3.26. The molecule has 0 saturated heterocycles. The number of para-hydroxylation sites is 1. The first-order valence-corrected chi connectivity index (χ1v) is 7.72. The van der Waals surface area contributed by atoms with Gasteiger partial charge in [0, 0.05) is 9.80 Å². The van der Waals surface area contributed by atoms with Crippen molar-refractivity contribution in [3.05, 3.63) is 71.8 Å². The number of nitrogens with two attached hydrogens (primary N) is 1. The van der Waals surface area contributed by atoms with Gasteiger partial charge in [0.25, 0.3) is 5.91 Å². The predicted molar refractivity (Wildman–Crippen MR) is 93.2 cm³/mol. The van der Waals surface area contributed by atoms with Crippen LogP contribution >= 0.6 is 11.8 Å². The summed E-state index contributed by atoms with van der Waals surface area (Å²) < 4.78 is 0. The van der Waals surface area contributed by atoms with Crippen LogP contribution in [0.25, 0.3) is 0 Å².